The number of benzene rings is 2. The molecule has 0 spiro atoms. The molecule has 4 rings (SSSR count). The molecule has 0 bridgehead atoms. The summed E-state index contributed by atoms with van der Waals surface area (Å²) in [5.74, 6) is 0.715. The Bertz CT molecular complexity index is 1060. The predicted octanol–water partition coefficient (Wildman–Crippen LogP) is 5.32. The number of halogens is 1. The maximum atomic E-state index is 13.1. The molecule has 1 amide bonds. The highest BCUT2D eigenvalue weighted by Gasteiger charge is 2.38. The maximum Gasteiger partial charge on any atom is 0.242 e. The average molecular weight is 438 g/mol. The fraction of sp³-hybridized carbons (Fsp3) is 0.174. The van der Waals surface area contributed by atoms with Crippen molar-refractivity contribution in [2.24, 2.45) is 10.2 Å². The summed E-state index contributed by atoms with van der Waals surface area (Å²) in [6, 6.07) is 19.2. The maximum absolute atomic E-state index is 13.1. The number of rotatable bonds is 6. The standard InChI is InChI=1S/C23H20ClN3O2S/c1-16-4-6-17(7-5-16)13-21-22(28)27(15-20-3-2-12-29-20)23(30-21)26-25-14-18-8-10-19(24)11-9-18/h2-12,14,21H,13,15H2,1H3/b25-14-,26-23-/t21-/m0/s1. The van der Waals surface area contributed by atoms with Crippen LogP contribution in [-0.4, -0.2) is 27.4 Å². The molecule has 1 fully saturated rings. The first-order valence-electron chi connectivity index (χ1n) is 9.51. The molecule has 30 heavy (non-hydrogen) atoms. The van der Waals surface area contributed by atoms with Crippen LogP contribution in [0.4, 0.5) is 0 Å². The highest BCUT2D eigenvalue weighted by atomic mass is 35.5. The van der Waals surface area contributed by atoms with Crippen LogP contribution < -0.4 is 0 Å². The van der Waals surface area contributed by atoms with Crippen molar-refractivity contribution in [3.63, 3.8) is 0 Å². The first-order chi connectivity index (χ1) is 14.6. The second-order valence-electron chi connectivity index (χ2n) is 6.98. The van der Waals surface area contributed by atoms with Crippen LogP contribution in [0.15, 0.2) is 81.5 Å². The molecule has 5 nitrogen and oxygen atoms in total. The Hall–Kier alpha value is -2.83. The third kappa shape index (κ3) is 5.01. The number of amidine groups is 1. The van der Waals surface area contributed by atoms with Gasteiger partial charge in [0.1, 0.15) is 5.76 Å². The van der Waals surface area contributed by atoms with Gasteiger partial charge >= 0.3 is 0 Å². The van der Waals surface area contributed by atoms with Gasteiger partial charge in [0.05, 0.1) is 24.3 Å². The zero-order valence-electron chi connectivity index (χ0n) is 16.4. The van der Waals surface area contributed by atoms with Crippen molar-refractivity contribution in [3.05, 3.63) is 94.4 Å². The molecule has 0 radical (unpaired) electrons. The average Bonchev–Trinajstić information content (AvgIpc) is 3.35. The molecule has 1 aliphatic heterocycles. The van der Waals surface area contributed by atoms with Crippen LogP contribution in [0.1, 0.15) is 22.5 Å². The molecule has 3 aromatic rings. The van der Waals surface area contributed by atoms with E-state index in [0.717, 1.165) is 11.1 Å². The quantitative estimate of drug-likeness (QED) is 0.387. The van der Waals surface area contributed by atoms with Crippen LogP contribution >= 0.6 is 23.4 Å². The van der Waals surface area contributed by atoms with Crippen molar-refractivity contribution in [1.82, 2.24) is 4.90 Å². The Morgan fingerprint density at radius 1 is 1.13 bits per heavy atom. The second-order valence-corrected chi connectivity index (χ2v) is 8.58. The van der Waals surface area contributed by atoms with Crippen molar-refractivity contribution in [2.75, 3.05) is 0 Å². The van der Waals surface area contributed by atoms with Gasteiger partial charge in [0.25, 0.3) is 0 Å². The lowest BCUT2D eigenvalue weighted by Gasteiger charge is -2.14. The van der Waals surface area contributed by atoms with Crippen molar-refractivity contribution >= 4 is 40.7 Å². The minimum atomic E-state index is -0.243. The van der Waals surface area contributed by atoms with E-state index in [4.69, 9.17) is 16.0 Å². The third-order valence-electron chi connectivity index (χ3n) is 4.68. The number of hydrogen-bond donors (Lipinski definition) is 0. The minimum Gasteiger partial charge on any atom is -0.467 e. The van der Waals surface area contributed by atoms with E-state index in [1.807, 2.05) is 31.2 Å². The van der Waals surface area contributed by atoms with Crippen LogP contribution in [0.25, 0.3) is 0 Å². The highest BCUT2D eigenvalue weighted by Crippen LogP contribution is 2.31. The smallest absolute Gasteiger partial charge is 0.242 e. The summed E-state index contributed by atoms with van der Waals surface area (Å²) in [6.07, 6.45) is 3.88. The number of hydrogen-bond acceptors (Lipinski definition) is 5. The molecule has 0 saturated carbocycles. The van der Waals surface area contributed by atoms with Crippen LogP contribution in [0.3, 0.4) is 0 Å². The number of carbonyl (C=O) groups is 1. The summed E-state index contributed by atoms with van der Waals surface area (Å²) in [4.78, 5) is 14.7. The molecule has 1 aromatic heterocycles. The van der Waals surface area contributed by atoms with Gasteiger partial charge in [-0.05, 0) is 48.7 Å². The van der Waals surface area contributed by atoms with E-state index in [1.165, 1.54) is 17.3 Å². The van der Waals surface area contributed by atoms with E-state index in [1.54, 1.807) is 29.5 Å². The Labute approximate surface area is 184 Å². The fourth-order valence-electron chi connectivity index (χ4n) is 3.05. The van der Waals surface area contributed by atoms with Gasteiger partial charge in [-0.1, -0.05) is 65.3 Å². The lowest BCUT2D eigenvalue weighted by molar-refractivity contribution is -0.126. The van der Waals surface area contributed by atoms with E-state index < -0.39 is 0 Å². The fourth-order valence-corrected chi connectivity index (χ4v) is 4.31. The molecule has 1 saturated heterocycles. The number of amides is 1. The monoisotopic (exact) mass is 437 g/mol. The van der Waals surface area contributed by atoms with Crippen molar-refractivity contribution < 1.29 is 9.21 Å². The number of aryl methyl sites for hydroxylation is 1. The van der Waals surface area contributed by atoms with Gasteiger partial charge in [-0.3, -0.25) is 9.69 Å². The first kappa shape index (κ1) is 20.4. The van der Waals surface area contributed by atoms with Crippen LogP contribution in [-0.2, 0) is 17.8 Å². The highest BCUT2D eigenvalue weighted by molar-refractivity contribution is 8.15. The lowest BCUT2D eigenvalue weighted by Crippen LogP contribution is -2.32. The molecule has 152 valence electrons. The van der Waals surface area contributed by atoms with Gasteiger partial charge in [0.15, 0.2) is 5.17 Å². The van der Waals surface area contributed by atoms with Gasteiger partial charge in [-0.25, -0.2) is 0 Å². The van der Waals surface area contributed by atoms with Gasteiger partial charge in [0, 0.05) is 5.02 Å². The van der Waals surface area contributed by atoms with Crippen LogP contribution in [0.5, 0.6) is 0 Å². The van der Waals surface area contributed by atoms with E-state index in [-0.39, 0.29) is 11.2 Å². The Morgan fingerprint density at radius 3 is 2.60 bits per heavy atom. The summed E-state index contributed by atoms with van der Waals surface area (Å²) in [7, 11) is 0. The Kier molecular flexibility index (Phi) is 6.35. The van der Waals surface area contributed by atoms with Crippen molar-refractivity contribution in [1.29, 1.82) is 0 Å². The van der Waals surface area contributed by atoms with Gasteiger partial charge in [-0.2, -0.15) is 5.10 Å². The van der Waals surface area contributed by atoms with E-state index in [9.17, 15) is 4.79 Å². The van der Waals surface area contributed by atoms with Crippen molar-refractivity contribution in [2.45, 2.75) is 25.1 Å². The summed E-state index contributed by atoms with van der Waals surface area (Å²) in [6.45, 7) is 2.38. The van der Waals surface area contributed by atoms with Gasteiger partial charge in [-0.15, -0.1) is 5.10 Å². The molecule has 2 heterocycles. The first-order valence-corrected chi connectivity index (χ1v) is 10.8. The zero-order valence-corrected chi connectivity index (χ0v) is 17.9. The summed E-state index contributed by atoms with van der Waals surface area (Å²) < 4.78 is 5.43. The molecule has 0 unspecified atom stereocenters. The Balaban J connectivity index is 1.54. The molecule has 1 atom stereocenters. The van der Waals surface area contributed by atoms with E-state index >= 15 is 0 Å². The predicted molar refractivity (Wildman–Crippen MR) is 122 cm³/mol. The number of nitrogens with zero attached hydrogens (tertiary/aromatic N) is 3. The summed E-state index contributed by atoms with van der Waals surface area (Å²) in [5, 5.41) is 9.52. The topological polar surface area (TPSA) is 58.2 Å². The zero-order chi connectivity index (χ0) is 20.9. The van der Waals surface area contributed by atoms with Crippen LogP contribution in [0.2, 0.25) is 5.02 Å². The van der Waals surface area contributed by atoms with E-state index in [2.05, 4.69) is 34.5 Å². The third-order valence-corrected chi connectivity index (χ3v) is 6.09. The lowest BCUT2D eigenvalue weighted by atomic mass is 10.1. The van der Waals surface area contributed by atoms with Gasteiger partial charge in [0.2, 0.25) is 5.91 Å². The summed E-state index contributed by atoms with van der Waals surface area (Å²) in [5.41, 5.74) is 3.20. The normalized spacial score (nSPS) is 18.1. The molecule has 1 aliphatic rings. The van der Waals surface area contributed by atoms with Crippen LogP contribution in [0, 0.1) is 6.92 Å². The molecular formula is C23H20ClN3O2S. The van der Waals surface area contributed by atoms with Crippen molar-refractivity contribution in [3.8, 4) is 0 Å². The Morgan fingerprint density at radius 2 is 1.90 bits per heavy atom. The van der Waals surface area contributed by atoms with E-state index in [0.29, 0.717) is 28.9 Å². The molecule has 7 heteroatoms. The summed E-state index contributed by atoms with van der Waals surface area (Å²) >= 11 is 7.35. The molecule has 0 aliphatic carbocycles. The molecular weight excluding hydrogens is 418 g/mol. The second kappa shape index (κ2) is 9.32. The minimum absolute atomic E-state index is 0.0115. The molecule has 0 N–H and O–H groups in total. The molecule has 2 aromatic carbocycles. The van der Waals surface area contributed by atoms with Gasteiger partial charge < -0.3 is 4.42 Å². The number of thioether (sulfide) groups is 1. The number of furan rings is 1. The largest absolute Gasteiger partial charge is 0.467 e. The number of carbonyl (C=O) groups excluding carboxylic acids is 1. The SMILES string of the molecule is Cc1ccc(C[C@@H]2S/C(=N\N=C/c3ccc(Cl)cc3)N(Cc3ccco3)C2=O)cc1.